The highest BCUT2D eigenvalue weighted by Gasteiger charge is 2.43. The fourth-order valence-electron chi connectivity index (χ4n) is 4.53. The second-order valence-corrected chi connectivity index (χ2v) is 7.73. The van der Waals surface area contributed by atoms with Gasteiger partial charge in [-0.05, 0) is 49.7 Å². The van der Waals surface area contributed by atoms with Gasteiger partial charge in [-0.3, -0.25) is 0 Å². The number of aliphatic hydroxyl groups excluding tert-OH is 1. The van der Waals surface area contributed by atoms with Gasteiger partial charge < -0.3 is 19.6 Å². The van der Waals surface area contributed by atoms with Gasteiger partial charge in [-0.1, -0.05) is 36.4 Å². The summed E-state index contributed by atoms with van der Waals surface area (Å²) in [7, 11) is 2.20. The summed E-state index contributed by atoms with van der Waals surface area (Å²) in [5.41, 5.74) is 3.18. The molecule has 26 heavy (non-hydrogen) atoms. The lowest BCUT2D eigenvalue weighted by atomic mass is 9.74. The molecule has 0 amide bonds. The average Bonchev–Trinajstić information content (AvgIpc) is 2.95. The molecule has 0 bridgehead atoms. The molecule has 1 unspecified atom stereocenters. The van der Waals surface area contributed by atoms with E-state index in [4.69, 9.17) is 4.74 Å². The van der Waals surface area contributed by atoms with Gasteiger partial charge in [0.1, 0.15) is 18.5 Å². The minimum absolute atomic E-state index is 0.285. The third-order valence-electron chi connectivity index (χ3n) is 5.89. The number of anilines is 1. The van der Waals surface area contributed by atoms with E-state index in [2.05, 4.69) is 41.1 Å². The number of β-amino-alcohol motifs (C(OH)–C–C–N with tert-alkyl or cyclic N) is 1. The Hall–Kier alpha value is -2.04. The van der Waals surface area contributed by atoms with Crippen LogP contribution in [0.5, 0.6) is 5.75 Å². The van der Waals surface area contributed by atoms with Gasteiger partial charge in [0.2, 0.25) is 0 Å². The van der Waals surface area contributed by atoms with Crippen molar-refractivity contribution in [2.45, 2.75) is 24.4 Å². The quantitative estimate of drug-likeness (QED) is 0.898. The molecule has 0 radical (unpaired) electrons. The largest absolute Gasteiger partial charge is 0.491 e. The third-order valence-corrected chi connectivity index (χ3v) is 5.89. The van der Waals surface area contributed by atoms with E-state index < -0.39 is 6.10 Å². The van der Waals surface area contributed by atoms with Crippen molar-refractivity contribution >= 4 is 5.69 Å². The standard InChI is InChI=1S/C22H28N2O2/c1-23-17-22(20-9-5-6-10-21(20)23)11-13-24(14-12-22)15-18(25)16-26-19-7-3-2-4-8-19/h2-10,18,25H,11-17H2,1H3. The predicted octanol–water partition coefficient (Wildman–Crippen LogP) is 2.91. The number of piperidine rings is 1. The van der Waals surface area contributed by atoms with Crippen molar-refractivity contribution in [3.8, 4) is 5.75 Å². The number of fused-ring (bicyclic) bond motifs is 2. The Morgan fingerprint density at radius 1 is 1.04 bits per heavy atom. The zero-order valence-corrected chi connectivity index (χ0v) is 15.5. The van der Waals surface area contributed by atoms with Gasteiger partial charge in [0.15, 0.2) is 0 Å². The average molecular weight is 352 g/mol. The molecule has 0 saturated carbocycles. The molecule has 1 spiro atoms. The molecule has 2 aliphatic heterocycles. The number of ether oxygens (including phenoxy) is 1. The van der Waals surface area contributed by atoms with Gasteiger partial charge in [0.25, 0.3) is 0 Å². The molecule has 2 aromatic carbocycles. The Morgan fingerprint density at radius 3 is 2.50 bits per heavy atom. The molecule has 4 heteroatoms. The van der Waals surface area contributed by atoms with E-state index in [0.717, 1.165) is 38.2 Å². The van der Waals surface area contributed by atoms with Crippen LogP contribution in [0.15, 0.2) is 54.6 Å². The summed E-state index contributed by atoms with van der Waals surface area (Å²) in [6, 6.07) is 18.5. The highest BCUT2D eigenvalue weighted by atomic mass is 16.5. The van der Waals surface area contributed by atoms with E-state index in [1.807, 2.05) is 30.3 Å². The summed E-state index contributed by atoms with van der Waals surface area (Å²) in [5, 5.41) is 10.3. The van der Waals surface area contributed by atoms with Crippen LogP contribution in [0.4, 0.5) is 5.69 Å². The second kappa shape index (κ2) is 7.29. The summed E-state index contributed by atoms with van der Waals surface area (Å²) in [4.78, 5) is 4.78. The molecule has 1 saturated heterocycles. The van der Waals surface area contributed by atoms with E-state index in [1.54, 1.807) is 0 Å². The SMILES string of the molecule is CN1CC2(CCN(CC(O)COc3ccccc3)CC2)c2ccccc21. The molecule has 0 aliphatic carbocycles. The number of hydrogen-bond acceptors (Lipinski definition) is 4. The normalized spacial score (nSPS) is 20.2. The van der Waals surface area contributed by atoms with Crippen LogP contribution in [0.3, 0.4) is 0 Å². The maximum absolute atomic E-state index is 10.3. The first-order valence-electron chi connectivity index (χ1n) is 9.55. The molecule has 1 N–H and O–H groups in total. The van der Waals surface area contributed by atoms with Crippen molar-refractivity contribution in [3.05, 3.63) is 60.2 Å². The molecular formula is C22H28N2O2. The van der Waals surface area contributed by atoms with E-state index >= 15 is 0 Å². The van der Waals surface area contributed by atoms with E-state index in [9.17, 15) is 5.11 Å². The fourth-order valence-corrected chi connectivity index (χ4v) is 4.53. The van der Waals surface area contributed by atoms with Crippen molar-refractivity contribution in [3.63, 3.8) is 0 Å². The summed E-state index contributed by atoms with van der Waals surface area (Å²) in [6.07, 6.45) is 1.85. The zero-order chi connectivity index (χ0) is 18.0. The predicted molar refractivity (Wildman–Crippen MR) is 105 cm³/mol. The van der Waals surface area contributed by atoms with Crippen LogP contribution in [0.25, 0.3) is 0 Å². The second-order valence-electron chi connectivity index (χ2n) is 7.73. The maximum atomic E-state index is 10.3. The number of benzene rings is 2. The van der Waals surface area contributed by atoms with Gasteiger partial charge in [-0.2, -0.15) is 0 Å². The van der Waals surface area contributed by atoms with Crippen LogP contribution in [0, 0.1) is 0 Å². The fraction of sp³-hybridized carbons (Fsp3) is 0.455. The smallest absolute Gasteiger partial charge is 0.119 e. The van der Waals surface area contributed by atoms with Crippen LogP contribution in [0.1, 0.15) is 18.4 Å². The van der Waals surface area contributed by atoms with Gasteiger partial charge in [0, 0.05) is 31.2 Å². The molecule has 0 aromatic heterocycles. The van der Waals surface area contributed by atoms with Gasteiger partial charge in [0.05, 0.1) is 0 Å². The number of aliphatic hydroxyl groups is 1. The number of nitrogens with zero attached hydrogens (tertiary/aromatic N) is 2. The minimum Gasteiger partial charge on any atom is -0.491 e. The summed E-state index contributed by atoms with van der Waals surface area (Å²) >= 11 is 0. The molecule has 1 fully saturated rings. The summed E-state index contributed by atoms with van der Waals surface area (Å²) in [6.45, 7) is 4.20. The highest BCUT2D eigenvalue weighted by molar-refractivity contribution is 5.62. The van der Waals surface area contributed by atoms with Crippen LogP contribution in [0.2, 0.25) is 0 Å². The van der Waals surface area contributed by atoms with Crippen molar-refractivity contribution < 1.29 is 9.84 Å². The molecular weight excluding hydrogens is 324 g/mol. The Bertz CT molecular complexity index is 726. The number of hydrogen-bond donors (Lipinski definition) is 1. The van der Waals surface area contributed by atoms with E-state index in [0.29, 0.717) is 13.2 Å². The first kappa shape index (κ1) is 17.4. The van der Waals surface area contributed by atoms with Gasteiger partial charge in [-0.25, -0.2) is 0 Å². The van der Waals surface area contributed by atoms with Crippen molar-refractivity contribution in [1.29, 1.82) is 0 Å². The Morgan fingerprint density at radius 2 is 1.73 bits per heavy atom. The molecule has 1 atom stereocenters. The van der Waals surface area contributed by atoms with Gasteiger partial charge >= 0.3 is 0 Å². The van der Waals surface area contributed by atoms with Crippen molar-refractivity contribution in [1.82, 2.24) is 4.90 Å². The van der Waals surface area contributed by atoms with Gasteiger partial charge in [-0.15, -0.1) is 0 Å². The topological polar surface area (TPSA) is 35.9 Å². The monoisotopic (exact) mass is 352 g/mol. The molecule has 4 nitrogen and oxygen atoms in total. The summed E-state index contributed by atoms with van der Waals surface area (Å²) < 4.78 is 5.68. The lowest BCUT2D eigenvalue weighted by Crippen LogP contribution is -2.47. The first-order valence-corrected chi connectivity index (χ1v) is 9.55. The molecule has 4 rings (SSSR count). The minimum atomic E-state index is -0.456. The number of likely N-dealkylation sites (tertiary alicyclic amines) is 1. The molecule has 2 heterocycles. The number of para-hydroxylation sites is 2. The number of likely N-dealkylation sites (N-methyl/N-ethyl adjacent to an activating group) is 1. The van der Waals surface area contributed by atoms with Crippen molar-refractivity contribution in [2.24, 2.45) is 0 Å². The molecule has 2 aliphatic rings. The molecule has 2 aromatic rings. The summed E-state index contributed by atoms with van der Waals surface area (Å²) in [5.74, 6) is 0.815. The molecule has 138 valence electrons. The van der Waals surface area contributed by atoms with Crippen LogP contribution in [-0.2, 0) is 5.41 Å². The zero-order valence-electron chi connectivity index (χ0n) is 15.5. The van der Waals surface area contributed by atoms with E-state index in [-0.39, 0.29) is 5.41 Å². The Labute approximate surface area is 156 Å². The lowest BCUT2D eigenvalue weighted by molar-refractivity contribution is 0.0520. The van der Waals surface area contributed by atoms with E-state index in [1.165, 1.54) is 11.3 Å². The van der Waals surface area contributed by atoms with Crippen LogP contribution >= 0.6 is 0 Å². The third kappa shape index (κ3) is 3.44. The van der Waals surface area contributed by atoms with Crippen LogP contribution in [-0.4, -0.2) is 55.9 Å². The van der Waals surface area contributed by atoms with Crippen LogP contribution < -0.4 is 9.64 Å². The Kier molecular flexibility index (Phi) is 4.88. The lowest BCUT2D eigenvalue weighted by Gasteiger charge is -2.40. The number of rotatable bonds is 5. The Balaban J connectivity index is 1.30. The van der Waals surface area contributed by atoms with Crippen molar-refractivity contribution in [2.75, 3.05) is 44.7 Å². The first-order chi connectivity index (χ1) is 12.7. The maximum Gasteiger partial charge on any atom is 0.119 e. The highest BCUT2D eigenvalue weighted by Crippen LogP contribution is 2.46.